The topological polar surface area (TPSA) is 19.9 Å². The molecule has 1 heteroatoms. The van der Waals surface area contributed by atoms with Crippen molar-refractivity contribution in [2.24, 2.45) is 0 Å². The summed E-state index contributed by atoms with van der Waals surface area (Å²) >= 11 is 0. The first kappa shape index (κ1) is 8.96. The van der Waals surface area contributed by atoms with Crippen LogP contribution in [0.25, 0.3) is 0 Å². The summed E-state index contributed by atoms with van der Waals surface area (Å²) in [6, 6.07) is 0. The Morgan fingerprint density at radius 1 is 1.11 bits per heavy atom. The summed E-state index contributed by atoms with van der Waals surface area (Å²) in [5.41, 5.74) is -0.649. The van der Waals surface area contributed by atoms with Crippen LogP contribution in [0.5, 0.6) is 0 Å². The molecule has 0 fully saturated rings. The third-order valence-electron chi connectivity index (χ3n) is 1.56. The van der Waals surface area contributed by atoms with Crippen molar-refractivity contribution in [2.45, 2.75) is 52.1 Å². The van der Waals surface area contributed by atoms with Gasteiger partial charge in [0.15, 0.2) is 0 Å². The minimum atomic E-state index is -0.649. The van der Waals surface area contributed by atoms with Crippen molar-refractivity contribution in [3.63, 3.8) is 0 Å². The Bertz CT molecular complexity index is 59.0. The van der Waals surface area contributed by atoms with E-state index in [1.165, 1.54) is 0 Å². The highest BCUT2D eigenvalue weighted by molar-refractivity contribution is 4.69. The molecule has 0 aliphatic rings. The maximum Gasteiger partial charge on any atom is 0.101 e. The minimum absolute atomic E-state index is 0.649. The lowest BCUT2D eigenvalue weighted by molar-refractivity contribution is -0.0282. The zero-order valence-corrected chi connectivity index (χ0v) is 6.74. The molecule has 0 atom stereocenters. The van der Waals surface area contributed by atoms with Crippen LogP contribution in [-0.2, 0) is 5.11 Å². The average molecular weight is 129 g/mol. The van der Waals surface area contributed by atoms with Crippen molar-refractivity contribution in [3.05, 3.63) is 0 Å². The van der Waals surface area contributed by atoms with Crippen LogP contribution in [0.1, 0.15) is 46.5 Å². The second-order valence-corrected chi connectivity index (χ2v) is 2.95. The normalized spacial score (nSPS) is 12.0. The predicted octanol–water partition coefficient (Wildman–Crippen LogP) is 2.78. The first-order valence-corrected chi connectivity index (χ1v) is 3.83. The highest BCUT2D eigenvalue weighted by Crippen LogP contribution is 2.18. The van der Waals surface area contributed by atoms with Gasteiger partial charge < -0.3 is 0 Å². The maximum absolute atomic E-state index is 11.3. The minimum Gasteiger partial charge on any atom is -0.230 e. The van der Waals surface area contributed by atoms with Crippen LogP contribution in [0, 0.1) is 0 Å². The molecule has 9 heavy (non-hydrogen) atoms. The van der Waals surface area contributed by atoms with Crippen molar-refractivity contribution in [1.82, 2.24) is 0 Å². The van der Waals surface area contributed by atoms with E-state index in [9.17, 15) is 5.11 Å². The molecule has 0 aliphatic carbocycles. The summed E-state index contributed by atoms with van der Waals surface area (Å²) in [5.74, 6) is 0. The third kappa shape index (κ3) is 4.46. The van der Waals surface area contributed by atoms with Crippen LogP contribution in [0.2, 0.25) is 0 Å². The number of hydrogen-bond acceptors (Lipinski definition) is 0. The van der Waals surface area contributed by atoms with Gasteiger partial charge in [0.2, 0.25) is 0 Å². The lowest BCUT2D eigenvalue weighted by Gasteiger charge is -2.17. The zero-order valence-electron chi connectivity index (χ0n) is 6.74. The molecule has 0 heterocycles. The van der Waals surface area contributed by atoms with Gasteiger partial charge in [-0.05, 0) is 19.8 Å². The highest BCUT2D eigenvalue weighted by atomic mass is 16.3. The summed E-state index contributed by atoms with van der Waals surface area (Å²) < 4.78 is 0. The number of rotatable bonds is 4. The SMILES string of the molecule is CCCC(C)([O])CCC. The molecule has 0 saturated heterocycles. The van der Waals surface area contributed by atoms with Gasteiger partial charge in [0.25, 0.3) is 0 Å². The van der Waals surface area contributed by atoms with Crippen molar-refractivity contribution < 1.29 is 5.11 Å². The summed E-state index contributed by atoms with van der Waals surface area (Å²) in [6.07, 6.45) is 3.67. The Morgan fingerprint density at radius 2 is 1.44 bits per heavy atom. The van der Waals surface area contributed by atoms with Gasteiger partial charge in [-0.1, -0.05) is 26.7 Å². The van der Waals surface area contributed by atoms with Gasteiger partial charge >= 0.3 is 0 Å². The van der Waals surface area contributed by atoms with Gasteiger partial charge in [-0.25, -0.2) is 5.11 Å². The standard InChI is InChI=1S/C8H17O/c1-4-6-8(3,9)7-5-2/h4-7H2,1-3H3. The summed E-state index contributed by atoms with van der Waals surface area (Å²) in [7, 11) is 0. The molecule has 0 amide bonds. The fraction of sp³-hybridized carbons (Fsp3) is 1.00. The molecular formula is C8H17O. The van der Waals surface area contributed by atoms with E-state index in [4.69, 9.17) is 0 Å². The van der Waals surface area contributed by atoms with E-state index in [1.54, 1.807) is 6.92 Å². The molecule has 0 N–H and O–H groups in total. The third-order valence-corrected chi connectivity index (χ3v) is 1.56. The van der Waals surface area contributed by atoms with Crippen molar-refractivity contribution in [1.29, 1.82) is 0 Å². The Labute approximate surface area is 58.1 Å². The van der Waals surface area contributed by atoms with E-state index in [-0.39, 0.29) is 0 Å². The van der Waals surface area contributed by atoms with Crippen molar-refractivity contribution in [2.75, 3.05) is 0 Å². The first-order chi connectivity index (χ1) is 4.12. The molecule has 0 unspecified atom stereocenters. The molecular weight excluding hydrogens is 112 g/mol. The Hall–Kier alpha value is -0.0400. The van der Waals surface area contributed by atoms with Crippen LogP contribution >= 0.6 is 0 Å². The molecule has 0 aromatic rings. The molecule has 1 nitrogen and oxygen atoms in total. The smallest absolute Gasteiger partial charge is 0.101 e. The van der Waals surface area contributed by atoms with Gasteiger partial charge in [-0.2, -0.15) is 0 Å². The summed E-state index contributed by atoms with van der Waals surface area (Å²) in [6.45, 7) is 5.93. The van der Waals surface area contributed by atoms with Gasteiger partial charge in [-0.3, -0.25) is 0 Å². The quantitative estimate of drug-likeness (QED) is 0.556. The molecule has 0 aromatic carbocycles. The fourth-order valence-electron chi connectivity index (χ4n) is 1.18. The molecule has 0 bridgehead atoms. The maximum atomic E-state index is 11.3. The number of hydrogen-bond donors (Lipinski definition) is 0. The highest BCUT2D eigenvalue weighted by Gasteiger charge is 2.19. The van der Waals surface area contributed by atoms with Crippen LogP contribution in [0.3, 0.4) is 0 Å². The summed E-state index contributed by atoms with van der Waals surface area (Å²) in [5, 5.41) is 11.3. The predicted molar refractivity (Wildman–Crippen MR) is 38.9 cm³/mol. The van der Waals surface area contributed by atoms with Crippen LogP contribution in [0.4, 0.5) is 0 Å². The van der Waals surface area contributed by atoms with E-state index in [0.717, 1.165) is 25.7 Å². The largest absolute Gasteiger partial charge is 0.230 e. The van der Waals surface area contributed by atoms with Crippen molar-refractivity contribution in [3.8, 4) is 0 Å². The van der Waals surface area contributed by atoms with Crippen LogP contribution in [0.15, 0.2) is 0 Å². The fourth-order valence-corrected chi connectivity index (χ4v) is 1.18. The molecule has 0 aliphatic heterocycles. The van der Waals surface area contributed by atoms with E-state index in [2.05, 4.69) is 13.8 Å². The van der Waals surface area contributed by atoms with E-state index in [1.807, 2.05) is 0 Å². The monoisotopic (exact) mass is 129 g/mol. The lowest BCUT2D eigenvalue weighted by atomic mass is 9.95. The second-order valence-electron chi connectivity index (χ2n) is 2.95. The summed E-state index contributed by atoms with van der Waals surface area (Å²) in [4.78, 5) is 0. The average Bonchev–Trinajstić information content (AvgIpc) is 1.64. The second kappa shape index (κ2) is 3.89. The Morgan fingerprint density at radius 3 is 1.67 bits per heavy atom. The molecule has 0 spiro atoms. The van der Waals surface area contributed by atoms with Gasteiger partial charge in [-0.15, -0.1) is 0 Å². The zero-order chi connectivity index (χ0) is 7.33. The van der Waals surface area contributed by atoms with E-state index >= 15 is 0 Å². The molecule has 0 saturated carbocycles. The Kier molecular flexibility index (Phi) is 3.87. The van der Waals surface area contributed by atoms with Gasteiger partial charge in [0, 0.05) is 0 Å². The molecule has 0 aromatic heterocycles. The van der Waals surface area contributed by atoms with Crippen LogP contribution < -0.4 is 0 Å². The Balaban J connectivity index is 3.43. The van der Waals surface area contributed by atoms with E-state index < -0.39 is 5.60 Å². The molecule has 55 valence electrons. The van der Waals surface area contributed by atoms with Gasteiger partial charge in [0.05, 0.1) is 0 Å². The van der Waals surface area contributed by atoms with Gasteiger partial charge in [0.1, 0.15) is 5.60 Å². The molecule has 0 rings (SSSR count). The lowest BCUT2D eigenvalue weighted by Crippen LogP contribution is -2.20. The van der Waals surface area contributed by atoms with Crippen LogP contribution in [-0.4, -0.2) is 5.60 Å². The van der Waals surface area contributed by atoms with Crippen molar-refractivity contribution >= 4 is 0 Å². The first-order valence-electron chi connectivity index (χ1n) is 3.83. The van der Waals surface area contributed by atoms with E-state index in [0.29, 0.717) is 0 Å². The molecule has 1 radical (unpaired) electrons.